The van der Waals surface area contributed by atoms with Gasteiger partial charge in [-0.1, -0.05) is 22.0 Å². The van der Waals surface area contributed by atoms with Crippen LogP contribution in [0.5, 0.6) is 5.75 Å². The fourth-order valence-electron chi connectivity index (χ4n) is 2.46. The van der Waals surface area contributed by atoms with Crippen molar-refractivity contribution in [1.29, 1.82) is 0 Å². The number of carbonyl (C=O) groups is 1. The van der Waals surface area contributed by atoms with Crippen molar-refractivity contribution in [2.24, 2.45) is 5.92 Å². The Balaban J connectivity index is 1.71. The number of aliphatic hydroxyl groups excluding tert-OH is 1. The predicted molar refractivity (Wildman–Crippen MR) is 80.6 cm³/mol. The molecule has 2 rings (SSSR count). The van der Waals surface area contributed by atoms with Gasteiger partial charge in [0.25, 0.3) is 5.91 Å². The van der Waals surface area contributed by atoms with Crippen LogP contribution in [0.1, 0.15) is 25.7 Å². The molecule has 110 valence electrons. The maximum Gasteiger partial charge on any atom is 0.258 e. The molecule has 0 heterocycles. The first-order chi connectivity index (χ1) is 9.67. The van der Waals surface area contributed by atoms with Crippen molar-refractivity contribution in [3.05, 3.63) is 28.7 Å². The molecule has 0 aromatic heterocycles. The van der Waals surface area contributed by atoms with Crippen LogP contribution < -0.4 is 10.1 Å². The van der Waals surface area contributed by atoms with Gasteiger partial charge in [0.1, 0.15) is 5.75 Å². The van der Waals surface area contributed by atoms with Crippen molar-refractivity contribution in [2.75, 3.05) is 13.2 Å². The molecule has 0 aliphatic heterocycles. The van der Waals surface area contributed by atoms with Crippen molar-refractivity contribution >= 4 is 21.8 Å². The molecule has 20 heavy (non-hydrogen) atoms. The van der Waals surface area contributed by atoms with E-state index in [9.17, 15) is 4.79 Å². The maximum atomic E-state index is 11.8. The Labute approximate surface area is 127 Å². The lowest BCUT2D eigenvalue weighted by Gasteiger charge is -2.27. The zero-order valence-corrected chi connectivity index (χ0v) is 12.9. The fourth-order valence-corrected chi connectivity index (χ4v) is 2.84. The van der Waals surface area contributed by atoms with E-state index in [1.807, 2.05) is 24.3 Å². The Morgan fingerprint density at radius 3 is 2.75 bits per heavy atom. The summed E-state index contributed by atoms with van der Waals surface area (Å²) in [7, 11) is 0. The minimum Gasteiger partial charge on any atom is -0.484 e. The number of halogens is 1. The van der Waals surface area contributed by atoms with Crippen molar-refractivity contribution in [3.63, 3.8) is 0 Å². The van der Waals surface area contributed by atoms with Crippen molar-refractivity contribution < 1.29 is 14.6 Å². The Bertz CT molecular complexity index is 444. The number of amides is 1. The van der Waals surface area contributed by atoms with E-state index in [0.717, 1.165) is 30.2 Å². The fraction of sp³-hybridized carbons (Fsp3) is 0.533. The van der Waals surface area contributed by atoms with E-state index in [0.29, 0.717) is 11.7 Å². The second-order valence-corrected chi connectivity index (χ2v) is 6.13. The van der Waals surface area contributed by atoms with E-state index in [2.05, 4.69) is 21.2 Å². The van der Waals surface area contributed by atoms with Crippen LogP contribution in [0.3, 0.4) is 0 Å². The average Bonchev–Trinajstić information content (AvgIpc) is 2.46. The van der Waals surface area contributed by atoms with Crippen LogP contribution in [0.4, 0.5) is 0 Å². The number of rotatable bonds is 5. The van der Waals surface area contributed by atoms with Crippen LogP contribution >= 0.6 is 15.9 Å². The van der Waals surface area contributed by atoms with Crippen LogP contribution in [-0.4, -0.2) is 30.3 Å². The van der Waals surface area contributed by atoms with Gasteiger partial charge in [0, 0.05) is 17.1 Å². The van der Waals surface area contributed by atoms with Gasteiger partial charge in [0.05, 0.1) is 0 Å². The highest BCUT2D eigenvalue weighted by Crippen LogP contribution is 2.23. The first-order valence-corrected chi connectivity index (χ1v) is 7.75. The van der Waals surface area contributed by atoms with Gasteiger partial charge in [0.15, 0.2) is 6.61 Å². The molecule has 5 heteroatoms. The summed E-state index contributed by atoms with van der Waals surface area (Å²) < 4.78 is 6.38. The molecule has 1 amide bonds. The lowest BCUT2D eigenvalue weighted by Crippen LogP contribution is -2.40. The van der Waals surface area contributed by atoms with Gasteiger partial charge in [-0.05, 0) is 49.8 Å². The van der Waals surface area contributed by atoms with Crippen LogP contribution in [0.25, 0.3) is 0 Å². The summed E-state index contributed by atoms with van der Waals surface area (Å²) in [4.78, 5) is 11.8. The van der Waals surface area contributed by atoms with E-state index in [1.165, 1.54) is 0 Å². The highest BCUT2D eigenvalue weighted by atomic mass is 79.9. The highest BCUT2D eigenvalue weighted by Gasteiger charge is 2.21. The van der Waals surface area contributed by atoms with Crippen LogP contribution in [0.2, 0.25) is 0 Å². The molecule has 0 atom stereocenters. The number of aliphatic hydroxyl groups is 1. The van der Waals surface area contributed by atoms with Crippen molar-refractivity contribution in [1.82, 2.24) is 5.32 Å². The standard InChI is InChI=1S/C15H20BrNO3/c16-12-2-1-3-14(8-12)20-10-15(19)17-13-6-4-11(9-18)5-7-13/h1-3,8,11,13,18H,4-7,9-10H2,(H,17,19). The minimum absolute atomic E-state index is 0.0381. The second kappa shape index (κ2) is 7.64. The van der Waals surface area contributed by atoms with Crippen LogP contribution in [0.15, 0.2) is 28.7 Å². The third-order valence-electron chi connectivity index (χ3n) is 3.64. The number of nitrogens with one attached hydrogen (secondary N) is 1. The van der Waals surface area contributed by atoms with Gasteiger partial charge in [-0.3, -0.25) is 4.79 Å². The maximum absolute atomic E-state index is 11.8. The number of carbonyl (C=O) groups excluding carboxylic acids is 1. The third kappa shape index (κ3) is 4.80. The summed E-state index contributed by atoms with van der Waals surface area (Å²) in [5.74, 6) is 0.997. The van der Waals surface area contributed by atoms with E-state index in [-0.39, 0.29) is 25.2 Å². The van der Waals surface area contributed by atoms with Gasteiger partial charge in [-0.2, -0.15) is 0 Å². The zero-order valence-electron chi connectivity index (χ0n) is 11.3. The third-order valence-corrected chi connectivity index (χ3v) is 4.13. The Kier molecular flexibility index (Phi) is 5.86. The van der Waals surface area contributed by atoms with Crippen molar-refractivity contribution in [3.8, 4) is 5.75 Å². The molecule has 1 fully saturated rings. The molecule has 1 aliphatic rings. The van der Waals surface area contributed by atoms with Gasteiger partial charge in [-0.25, -0.2) is 0 Å². The largest absolute Gasteiger partial charge is 0.484 e. The second-order valence-electron chi connectivity index (χ2n) is 5.21. The molecule has 0 radical (unpaired) electrons. The molecule has 2 N–H and O–H groups in total. The molecule has 1 aromatic rings. The van der Waals surface area contributed by atoms with E-state index in [1.54, 1.807) is 0 Å². The van der Waals surface area contributed by atoms with Crippen molar-refractivity contribution in [2.45, 2.75) is 31.7 Å². The minimum atomic E-state index is -0.0857. The molecule has 0 bridgehead atoms. The van der Waals surface area contributed by atoms with Crippen LogP contribution in [-0.2, 0) is 4.79 Å². The predicted octanol–water partition coefficient (Wildman–Crippen LogP) is 2.50. The van der Waals surface area contributed by atoms with E-state index >= 15 is 0 Å². The molecule has 1 saturated carbocycles. The molecule has 1 aliphatic carbocycles. The zero-order chi connectivity index (χ0) is 14.4. The lowest BCUT2D eigenvalue weighted by molar-refractivity contribution is -0.124. The molecule has 0 unspecified atom stereocenters. The Morgan fingerprint density at radius 2 is 2.10 bits per heavy atom. The Hall–Kier alpha value is -1.07. The molecular formula is C15H20BrNO3. The molecule has 4 nitrogen and oxygen atoms in total. The molecule has 0 saturated heterocycles. The molecule has 0 spiro atoms. The number of ether oxygens (including phenoxy) is 1. The van der Waals surface area contributed by atoms with E-state index in [4.69, 9.17) is 9.84 Å². The Morgan fingerprint density at radius 1 is 1.35 bits per heavy atom. The average molecular weight is 342 g/mol. The summed E-state index contributed by atoms with van der Waals surface area (Å²) in [6.07, 6.45) is 3.84. The normalized spacial score (nSPS) is 22.3. The van der Waals surface area contributed by atoms with Gasteiger partial charge >= 0.3 is 0 Å². The number of hydrogen-bond acceptors (Lipinski definition) is 3. The number of hydrogen-bond donors (Lipinski definition) is 2. The summed E-state index contributed by atoms with van der Waals surface area (Å²) in [6, 6.07) is 7.65. The lowest BCUT2D eigenvalue weighted by atomic mass is 9.86. The van der Waals surface area contributed by atoms with Crippen LogP contribution in [0, 0.1) is 5.92 Å². The van der Waals surface area contributed by atoms with Gasteiger partial charge < -0.3 is 15.2 Å². The SMILES string of the molecule is O=C(COc1cccc(Br)c1)NC1CCC(CO)CC1. The van der Waals surface area contributed by atoms with E-state index < -0.39 is 0 Å². The topological polar surface area (TPSA) is 58.6 Å². The summed E-state index contributed by atoms with van der Waals surface area (Å²) in [5.41, 5.74) is 0. The summed E-state index contributed by atoms with van der Waals surface area (Å²) in [6.45, 7) is 0.295. The first-order valence-electron chi connectivity index (χ1n) is 6.96. The quantitative estimate of drug-likeness (QED) is 0.864. The summed E-state index contributed by atoms with van der Waals surface area (Å²) >= 11 is 3.36. The molecule has 1 aromatic carbocycles. The smallest absolute Gasteiger partial charge is 0.258 e. The van der Waals surface area contributed by atoms with Gasteiger partial charge in [0.2, 0.25) is 0 Å². The monoisotopic (exact) mass is 341 g/mol. The summed E-state index contributed by atoms with van der Waals surface area (Å²) in [5, 5.41) is 12.1. The highest BCUT2D eigenvalue weighted by molar-refractivity contribution is 9.10. The first kappa shape index (κ1) is 15.3. The van der Waals surface area contributed by atoms with Gasteiger partial charge in [-0.15, -0.1) is 0 Å². The molecular weight excluding hydrogens is 322 g/mol. The number of benzene rings is 1.